The normalized spacial score (nSPS) is 24.2. The van der Waals surface area contributed by atoms with Crippen molar-refractivity contribution in [1.82, 2.24) is 10.2 Å². The van der Waals surface area contributed by atoms with E-state index in [9.17, 15) is 18.7 Å². The molecule has 1 unspecified atom stereocenters. The molecule has 1 fully saturated rings. The molecule has 1 heterocycles. The van der Waals surface area contributed by atoms with Gasteiger partial charge in [-0.2, -0.15) is 0 Å². The van der Waals surface area contributed by atoms with Crippen molar-refractivity contribution in [3.05, 3.63) is 35.4 Å². The van der Waals surface area contributed by atoms with Gasteiger partial charge in [-0.25, -0.2) is 8.78 Å². The average molecular weight is 366 g/mol. The maximum absolute atomic E-state index is 13.6. The number of halogens is 2. The van der Waals surface area contributed by atoms with Gasteiger partial charge in [-0.15, -0.1) is 0 Å². The minimum absolute atomic E-state index is 0.0255. The number of carbonyl (C=O) groups is 1. The monoisotopic (exact) mass is 366 g/mol. The minimum atomic E-state index is -2.57. The van der Waals surface area contributed by atoms with E-state index in [0.29, 0.717) is 25.9 Å². The molecule has 3 rings (SSSR count). The molecule has 1 aromatic rings. The van der Waals surface area contributed by atoms with E-state index in [1.54, 1.807) is 6.92 Å². The molecule has 0 spiro atoms. The van der Waals surface area contributed by atoms with Gasteiger partial charge in [-0.3, -0.25) is 4.79 Å². The van der Waals surface area contributed by atoms with Crippen LogP contribution in [-0.2, 0) is 11.2 Å². The van der Waals surface area contributed by atoms with Crippen LogP contribution in [0.4, 0.5) is 8.78 Å². The number of aliphatic hydroxyl groups is 1. The Kier molecular flexibility index (Phi) is 5.92. The lowest BCUT2D eigenvalue weighted by molar-refractivity contribution is -0.136. The Morgan fingerprint density at radius 1 is 1.35 bits per heavy atom. The molecule has 0 saturated heterocycles. The lowest BCUT2D eigenvalue weighted by atomic mass is 9.76. The quantitative estimate of drug-likeness (QED) is 0.843. The summed E-state index contributed by atoms with van der Waals surface area (Å²) < 4.78 is 27.2. The number of nitrogens with one attached hydrogen (secondary N) is 1. The second kappa shape index (κ2) is 8.01. The summed E-state index contributed by atoms with van der Waals surface area (Å²) >= 11 is 0. The Hall–Kier alpha value is -1.53. The highest BCUT2D eigenvalue weighted by Crippen LogP contribution is 2.45. The number of alkyl halides is 2. The summed E-state index contributed by atoms with van der Waals surface area (Å²) in [6.07, 6.45) is 0.962. The van der Waals surface area contributed by atoms with Gasteiger partial charge < -0.3 is 15.3 Å². The molecule has 1 saturated carbocycles. The number of aliphatic hydroxyl groups excluding tert-OH is 1. The van der Waals surface area contributed by atoms with Crippen molar-refractivity contribution in [3.63, 3.8) is 0 Å². The van der Waals surface area contributed by atoms with Gasteiger partial charge in [0, 0.05) is 25.9 Å². The molecule has 144 valence electrons. The van der Waals surface area contributed by atoms with Crippen LogP contribution in [0.2, 0.25) is 0 Å². The molecule has 6 heteroatoms. The number of hydrogen-bond donors (Lipinski definition) is 2. The maximum atomic E-state index is 13.6. The lowest BCUT2D eigenvalue weighted by Crippen LogP contribution is -2.48. The zero-order valence-corrected chi connectivity index (χ0v) is 15.3. The van der Waals surface area contributed by atoms with Crippen LogP contribution in [0.1, 0.15) is 49.8 Å². The fraction of sp³-hybridized carbons (Fsp3) is 0.650. The molecule has 0 aromatic heterocycles. The van der Waals surface area contributed by atoms with E-state index in [-0.39, 0.29) is 37.3 Å². The van der Waals surface area contributed by atoms with Crippen LogP contribution < -0.4 is 5.32 Å². The maximum Gasteiger partial charge on any atom is 0.248 e. The second-order valence-electron chi connectivity index (χ2n) is 7.65. The van der Waals surface area contributed by atoms with Crippen molar-refractivity contribution in [3.8, 4) is 0 Å². The molecule has 0 radical (unpaired) electrons. The number of benzene rings is 1. The van der Waals surface area contributed by atoms with Crippen molar-refractivity contribution in [2.24, 2.45) is 5.92 Å². The van der Waals surface area contributed by atoms with Crippen LogP contribution in [0.15, 0.2) is 24.3 Å². The Morgan fingerprint density at radius 3 is 2.73 bits per heavy atom. The number of hydrogen-bond acceptors (Lipinski definition) is 3. The molecule has 2 aliphatic rings. The first kappa shape index (κ1) is 19.2. The smallest absolute Gasteiger partial charge is 0.248 e. The van der Waals surface area contributed by atoms with Gasteiger partial charge in [-0.1, -0.05) is 24.3 Å². The number of nitrogens with zero attached hydrogens (tertiary/aromatic N) is 1. The predicted octanol–water partition coefficient (Wildman–Crippen LogP) is 2.91. The summed E-state index contributed by atoms with van der Waals surface area (Å²) in [5, 5.41) is 12.3. The highest BCUT2D eigenvalue weighted by Gasteiger charge is 2.42. The number of amides is 1. The van der Waals surface area contributed by atoms with E-state index in [0.717, 1.165) is 12.0 Å². The van der Waals surface area contributed by atoms with Crippen molar-refractivity contribution in [1.29, 1.82) is 0 Å². The van der Waals surface area contributed by atoms with E-state index in [4.69, 9.17) is 0 Å². The Balaban J connectivity index is 1.78. The highest BCUT2D eigenvalue weighted by molar-refractivity contribution is 5.79. The van der Waals surface area contributed by atoms with Crippen LogP contribution in [0, 0.1) is 5.92 Å². The number of rotatable bonds is 5. The Labute approximate surface area is 153 Å². The molecule has 1 aromatic carbocycles. The fourth-order valence-corrected chi connectivity index (χ4v) is 4.25. The predicted molar refractivity (Wildman–Crippen MR) is 96.1 cm³/mol. The zero-order valence-electron chi connectivity index (χ0n) is 15.3. The summed E-state index contributed by atoms with van der Waals surface area (Å²) in [6.45, 7) is 2.80. The SMILES string of the molecule is C[C@@H](O)CNCC(=O)N1CCc2ccccc2C1C1CCC(F)(F)CC1. The molecular formula is C20H28F2N2O2. The van der Waals surface area contributed by atoms with Gasteiger partial charge in [-0.05, 0) is 43.2 Å². The first-order valence-electron chi connectivity index (χ1n) is 9.51. The van der Waals surface area contributed by atoms with Crippen LogP contribution >= 0.6 is 0 Å². The van der Waals surface area contributed by atoms with Crippen molar-refractivity contribution in [2.45, 2.75) is 57.1 Å². The molecule has 2 N–H and O–H groups in total. The van der Waals surface area contributed by atoms with E-state index >= 15 is 0 Å². The fourth-order valence-electron chi connectivity index (χ4n) is 4.25. The van der Waals surface area contributed by atoms with E-state index in [1.165, 1.54) is 5.56 Å². The van der Waals surface area contributed by atoms with E-state index in [1.807, 2.05) is 23.1 Å². The number of carbonyl (C=O) groups excluding carboxylic acids is 1. The minimum Gasteiger partial charge on any atom is -0.392 e. The van der Waals surface area contributed by atoms with Gasteiger partial charge in [0.05, 0.1) is 18.7 Å². The molecule has 0 bridgehead atoms. The average Bonchev–Trinajstić information content (AvgIpc) is 2.60. The molecule has 1 amide bonds. The third-order valence-electron chi connectivity index (χ3n) is 5.58. The van der Waals surface area contributed by atoms with Crippen LogP contribution in [-0.4, -0.2) is 47.6 Å². The highest BCUT2D eigenvalue weighted by atomic mass is 19.3. The van der Waals surface area contributed by atoms with Gasteiger partial charge in [0.25, 0.3) is 0 Å². The van der Waals surface area contributed by atoms with Gasteiger partial charge in [0.2, 0.25) is 11.8 Å². The standard InChI is InChI=1S/C20H28F2N2O2/c1-14(25)12-23-13-18(26)24-11-8-15-4-2-3-5-17(15)19(24)16-6-9-20(21,22)10-7-16/h2-5,14,16,19,23,25H,6-13H2,1H3/t14-,19?/m1/s1. The summed E-state index contributed by atoms with van der Waals surface area (Å²) in [5.74, 6) is -2.53. The summed E-state index contributed by atoms with van der Waals surface area (Å²) in [7, 11) is 0. The summed E-state index contributed by atoms with van der Waals surface area (Å²) in [4.78, 5) is 14.7. The molecule has 4 nitrogen and oxygen atoms in total. The molecule has 2 atom stereocenters. The topological polar surface area (TPSA) is 52.6 Å². The van der Waals surface area contributed by atoms with E-state index in [2.05, 4.69) is 11.4 Å². The second-order valence-corrected chi connectivity index (χ2v) is 7.65. The molecule has 26 heavy (non-hydrogen) atoms. The molecule has 1 aliphatic carbocycles. The first-order chi connectivity index (χ1) is 12.4. The van der Waals surface area contributed by atoms with E-state index < -0.39 is 12.0 Å². The summed E-state index contributed by atoms with van der Waals surface area (Å²) in [5.41, 5.74) is 2.33. The van der Waals surface area contributed by atoms with Crippen molar-refractivity contribution < 1.29 is 18.7 Å². The Bertz CT molecular complexity index is 626. The first-order valence-corrected chi connectivity index (χ1v) is 9.51. The summed E-state index contributed by atoms with van der Waals surface area (Å²) in [6, 6.07) is 7.94. The third-order valence-corrected chi connectivity index (χ3v) is 5.58. The molecular weight excluding hydrogens is 338 g/mol. The van der Waals surface area contributed by atoms with Crippen LogP contribution in [0.5, 0.6) is 0 Å². The van der Waals surface area contributed by atoms with Crippen LogP contribution in [0.3, 0.4) is 0 Å². The molecule has 1 aliphatic heterocycles. The largest absolute Gasteiger partial charge is 0.392 e. The Morgan fingerprint density at radius 2 is 2.04 bits per heavy atom. The van der Waals surface area contributed by atoms with Crippen LogP contribution in [0.25, 0.3) is 0 Å². The number of fused-ring (bicyclic) bond motifs is 1. The third kappa shape index (κ3) is 4.41. The van der Waals surface area contributed by atoms with Crippen molar-refractivity contribution in [2.75, 3.05) is 19.6 Å². The van der Waals surface area contributed by atoms with Crippen molar-refractivity contribution >= 4 is 5.91 Å². The zero-order chi connectivity index (χ0) is 18.7. The van der Waals surface area contributed by atoms with Gasteiger partial charge >= 0.3 is 0 Å². The lowest BCUT2D eigenvalue weighted by Gasteiger charge is -2.44. The van der Waals surface area contributed by atoms with Gasteiger partial charge in [0.1, 0.15) is 0 Å². The van der Waals surface area contributed by atoms with Gasteiger partial charge in [0.15, 0.2) is 0 Å².